The summed E-state index contributed by atoms with van der Waals surface area (Å²) in [5.41, 5.74) is 0.233. The highest BCUT2D eigenvalue weighted by Gasteiger charge is 2.40. The van der Waals surface area contributed by atoms with Gasteiger partial charge in [0.15, 0.2) is 0 Å². The van der Waals surface area contributed by atoms with Crippen molar-refractivity contribution in [2.24, 2.45) is 23.7 Å². The summed E-state index contributed by atoms with van der Waals surface area (Å²) in [5.74, 6) is 2.82. The van der Waals surface area contributed by atoms with Crippen molar-refractivity contribution in [1.29, 1.82) is 0 Å². The highest BCUT2D eigenvalue weighted by Crippen LogP contribution is 2.37. The molecule has 0 radical (unpaired) electrons. The first kappa shape index (κ1) is 16.0. The molecule has 0 amide bonds. The maximum Gasteiger partial charge on any atom is 0.0211 e. The van der Waals surface area contributed by atoms with E-state index >= 15 is 0 Å². The van der Waals surface area contributed by atoms with Crippen LogP contribution in [-0.4, -0.2) is 11.6 Å². The van der Waals surface area contributed by atoms with Crippen LogP contribution in [0.25, 0.3) is 0 Å². The molecule has 98 valence electrons. The van der Waals surface area contributed by atoms with E-state index in [1.165, 1.54) is 0 Å². The molecule has 0 saturated carbocycles. The Labute approximate surface area is 103 Å². The van der Waals surface area contributed by atoms with Crippen LogP contribution in [0.2, 0.25) is 0 Å². The Morgan fingerprint density at radius 2 is 1.12 bits per heavy atom. The second kappa shape index (κ2) is 6.05. The minimum atomic E-state index is 0.233. The van der Waals surface area contributed by atoms with E-state index in [0.717, 1.165) is 17.8 Å². The predicted molar refractivity (Wildman–Crippen MR) is 74.7 cm³/mol. The van der Waals surface area contributed by atoms with E-state index < -0.39 is 0 Å². The zero-order valence-electron chi connectivity index (χ0n) is 12.9. The molecule has 0 aromatic heterocycles. The molecule has 16 heavy (non-hydrogen) atoms. The first-order chi connectivity index (χ1) is 7.12. The van der Waals surface area contributed by atoms with Gasteiger partial charge in [0.1, 0.15) is 0 Å². The van der Waals surface area contributed by atoms with Crippen LogP contribution in [0.15, 0.2) is 0 Å². The maximum atomic E-state index is 3.82. The van der Waals surface area contributed by atoms with Crippen LogP contribution in [0.5, 0.6) is 0 Å². The van der Waals surface area contributed by atoms with E-state index in [1.54, 1.807) is 0 Å². The molecule has 1 unspecified atom stereocenters. The van der Waals surface area contributed by atoms with E-state index in [-0.39, 0.29) is 5.54 Å². The Balaban J connectivity index is 5.12. The molecule has 0 aromatic rings. The third-order valence-electron chi connectivity index (χ3n) is 3.93. The summed E-state index contributed by atoms with van der Waals surface area (Å²) in [6.45, 7) is 21.0. The molecule has 0 fully saturated rings. The van der Waals surface area contributed by atoms with Gasteiger partial charge in [-0.25, -0.2) is 0 Å². The fraction of sp³-hybridized carbons (Fsp3) is 1.00. The summed E-state index contributed by atoms with van der Waals surface area (Å²) in [6, 6.07) is 0.549. The zero-order valence-corrected chi connectivity index (χ0v) is 12.9. The van der Waals surface area contributed by atoms with Gasteiger partial charge in [0, 0.05) is 11.6 Å². The lowest BCUT2D eigenvalue weighted by Crippen LogP contribution is -2.58. The van der Waals surface area contributed by atoms with Gasteiger partial charge < -0.3 is 5.32 Å². The molecule has 1 atom stereocenters. The second-order valence-corrected chi connectivity index (χ2v) is 6.75. The molecule has 0 saturated heterocycles. The van der Waals surface area contributed by atoms with Gasteiger partial charge in [0.2, 0.25) is 0 Å². The van der Waals surface area contributed by atoms with Gasteiger partial charge >= 0.3 is 0 Å². The van der Waals surface area contributed by atoms with E-state index in [4.69, 9.17) is 0 Å². The average Bonchev–Trinajstić information content (AvgIpc) is 1.99. The van der Waals surface area contributed by atoms with Crippen molar-refractivity contribution in [3.05, 3.63) is 0 Å². The first-order valence-corrected chi connectivity index (χ1v) is 6.90. The smallest absolute Gasteiger partial charge is 0.0211 e. The van der Waals surface area contributed by atoms with Crippen LogP contribution >= 0.6 is 0 Å². The van der Waals surface area contributed by atoms with E-state index in [1.807, 2.05) is 0 Å². The molecule has 1 nitrogen and oxygen atoms in total. The largest absolute Gasteiger partial charge is 0.309 e. The molecule has 0 bridgehead atoms. The number of nitrogens with one attached hydrogen (secondary N) is 1. The number of rotatable bonds is 6. The lowest BCUT2D eigenvalue weighted by molar-refractivity contribution is 0.0765. The standard InChI is InChI=1S/C15H33N/c1-10(2)14(11(3)4)15(9,12(5)6)16-13(7)8/h10-14,16H,1-9H3. The van der Waals surface area contributed by atoms with Gasteiger partial charge in [-0.05, 0) is 30.6 Å². The lowest BCUT2D eigenvalue weighted by atomic mass is 9.66. The van der Waals surface area contributed by atoms with Gasteiger partial charge in [0.05, 0.1) is 0 Å². The van der Waals surface area contributed by atoms with E-state index in [9.17, 15) is 0 Å². The molecule has 0 rings (SSSR count). The van der Waals surface area contributed by atoms with Crippen molar-refractivity contribution < 1.29 is 0 Å². The SMILES string of the molecule is CC(C)NC(C)(C(C)C)C(C(C)C)C(C)C. The number of hydrogen-bond acceptors (Lipinski definition) is 1. The predicted octanol–water partition coefficient (Wildman–Crippen LogP) is 4.33. The van der Waals surface area contributed by atoms with Crippen LogP contribution in [-0.2, 0) is 0 Å². The first-order valence-electron chi connectivity index (χ1n) is 6.90. The minimum absolute atomic E-state index is 0.233. The normalized spacial score (nSPS) is 16.9. The Bertz CT molecular complexity index is 186. The van der Waals surface area contributed by atoms with Crippen LogP contribution in [0, 0.1) is 23.7 Å². The Hall–Kier alpha value is -0.0400. The maximum absolute atomic E-state index is 3.82. The Morgan fingerprint density at radius 1 is 0.750 bits per heavy atom. The molecule has 1 N–H and O–H groups in total. The van der Waals surface area contributed by atoms with Gasteiger partial charge in [-0.2, -0.15) is 0 Å². The molecule has 0 aliphatic rings. The third-order valence-corrected chi connectivity index (χ3v) is 3.93. The van der Waals surface area contributed by atoms with Crippen molar-refractivity contribution in [3.63, 3.8) is 0 Å². The van der Waals surface area contributed by atoms with Crippen molar-refractivity contribution in [3.8, 4) is 0 Å². The van der Waals surface area contributed by atoms with Crippen molar-refractivity contribution in [2.45, 2.75) is 73.9 Å². The molecule has 0 heterocycles. The van der Waals surface area contributed by atoms with E-state index in [0.29, 0.717) is 12.0 Å². The summed E-state index contributed by atoms with van der Waals surface area (Å²) in [7, 11) is 0. The summed E-state index contributed by atoms with van der Waals surface area (Å²) >= 11 is 0. The average molecular weight is 227 g/mol. The minimum Gasteiger partial charge on any atom is -0.309 e. The van der Waals surface area contributed by atoms with Crippen LogP contribution in [0.3, 0.4) is 0 Å². The topological polar surface area (TPSA) is 12.0 Å². The molecular weight excluding hydrogens is 194 g/mol. The zero-order chi connectivity index (χ0) is 13.1. The van der Waals surface area contributed by atoms with Gasteiger partial charge in [-0.15, -0.1) is 0 Å². The van der Waals surface area contributed by atoms with Gasteiger partial charge in [-0.3, -0.25) is 0 Å². The van der Waals surface area contributed by atoms with E-state index in [2.05, 4.69) is 67.6 Å². The van der Waals surface area contributed by atoms with Gasteiger partial charge in [0.25, 0.3) is 0 Å². The van der Waals surface area contributed by atoms with Crippen molar-refractivity contribution in [1.82, 2.24) is 5.32 Å². The Kier molecular flexibility index (Phi) is 6.03. The summed E-state index contributed by atoms with van der Waals surface area (Å²) in [6.07, 6.45) is 0. The quantitative estimate of drug-likeness (QED) is 0.712. The number of hydrogen-bond donors (Lipinski definition) is 1. The molecule has 0 aliphatic heterocycles. The molecule has 0 aliphatic carbocycles. The molecular formula is C15H33N. The monoisotopic (exact) mass is 227 g/mol. The summed E-state index contributed by atoms with van der Waals surface area (Å²) in [5, 5.41) is 3.82. The van der Waals surface area contributed by atoms with Crippen LogP contribution in [0.1, 0.15) is 62.3 Å². The Morgan fingerprint density at radius 3 is 1.31 bits per heavy atom. The fourth-order valence-electron chi connectivity index (χ4n) is 3.42. The van der Waals surface area contributed by atoms with Gasteiger partial charge in [-0.1, -0.05) is 55.4 Å². The van der Waals surface area contributed by atoms with Crippen molar-refractivity contribution >= 4 is 0 Å². The second-order valence-electron chi connectivity index (χ2n) is 6.75. The lowest BCUT2D eigenvalue weighted by Gasteiger charge is -2.47. The van der Waals surface area contributed by atoms with Crippen molar-refractivity contribution in [2.75, 3.05) is 0 Å². The molecule has 0 aromatic carbocycles. The fourth-order valence-corrected chi connectivity index (χ4v) is 3.42. The third kappa shape index (κ3) is 3.76. The summed E-state index contributed by atoms with van der Waals surface area (Å²) < 4.78 is 0. The van der Waals surface area contributed by atoms with Crippen LogP contribution in [0.4, 0.5) is 0 Å². The molecule has 0 spiro atoms. The highest BCUT2D eigenvalue weighted by atomic mass is 15.0. The molecule has 1 heteroatoms. The highest BCUT2D eigenvalue weighted by molar-refractivity contribution is 4.96. The summed E-state index contributed by atoms with van der Waals surface area (Å²) in [4.78, 5) is 0. The van der Waals surface area contributed by atoms with Crippen LogP contribution < -0.4 is 5.32 Å².